The maximum absolute atomic E-state index is 5.55. The van der Waals surface area contributed by atoms with Crippen LogP contribution in [-0.4, -0.2) is 47.9 Å². The monoisotopic (exact) mass is 413 g/mol. The number of methoxy groups -OCH3 is 1. The van der Waals surface area contributed by atoms with E-state index in [-0.39, 0.29) is 0 Å². The molecule has 3 heterocycles. The minimum atomic E-state index is 0.898. The second-order valence-corrected chi connectivity index (χ2v) is 8.06. The first-order valence-electron chi connectivity index (χ1n) is 10.7. The predicted molar refractivity (Wildman–Crippen MR) is 125 cm³/mol. The van der Waals surface area contributed by atoms with Crippen LogP contribution in [0.2, 0.25) is 0 Å². The van der Waals surface area contributed by atoms with Gasteiger partial charge in [0, 0.05) is 44.1 Å². The number of para-hydroxylation sites is 2. The van der Waals surface area contributed by atoms with Gasteiger partial charge in [0.25, 0.3) is 0 Å². The topological polar surface area (TPSA) is 45.9 Å². The summed E-state index contributed by atoms with van der Waals surface area (Å²) >= 11 is 0. The Morgan fingerprint density at radius 1 is 0.871 bits per heavy atom. The number of nitrogens with zero attached hydrogens (tertiary/aromatic N) is 5. The fraction of sp³-hybridized carbons (Fsp3) is 0.280. The zero-order valence-corrected chi connectivity index (χ0v) is 18.2. The molecule has 158 valence electrons. The average molecular weight is 414 g/mol. The number of rotatable bonds is 4. The van der Waals surface area contributed by atoms with Crippen molar-refractivity contribution in [2.24, 2.45) is 0 Å². The van der Waals surface area contributed by atoms with E-state index >= 15 is 0 Å². The van der Waals surface area contributed by atoms with Crippen molar-refractivity contribution in [1.29, 1.82) is 0 Å². The molecule has 2 aromatic heterocycles. The molecule has 4 aromatic rings. The van der Waals surface area contributed by atoms with E-state index in [0.717, 1.165) is 60.2 Å². The van der Waals surface area contributed by atoms with Gasteiger partial charge in [0.15, 0.2) is 5.82 Å². The summed E-state index contributed by atoms with van der Waals surface area (Å²) in [4.78, 5) is 9.46. The predicted octanol–water partition coefficient (Wildman–Crippen LogP) is 4.35. The van der Waals surface area contributed by atoms with Gasteiger partial charge < -0.3 is 14.5 Å². The summed E-state index contributed by atoms with van der Waals surface area (Å²) in [5, 5.41) is 4.82. The SMILES string of the molecule is COc1ccccc1N1CCN(c2nccn3nc(-c4ccc(C)c(C)c4)cc23)CC1. The van der Waals surface area contributed by atoms with Gasteiger partial charge in [0.1, 0.15) is 11.3 Å². The van der Waals surface area contributed by atoms with Crippen molar-refractivity contribution in [1.82, 2.24) is 14.6 Å². The molecular weight excluding hydrogens is 386 g/mol. The summed E-state index contributed by atoms with van der Waals surface area (Å²) in [6.45, 7) is 7.91. The molecule has 0 bridgehead atoms. The van der Waals surface area contributed by atoms with E-state index in [1.165, 1.54) is 11.1 Å². The highest BCUT2D eigenvalue weighted by Crippen LogP contribution is 2.30. The van der Waals surface area contributed by atoms with Crippen LogP contribution < -0.4 is 14.5 Å². The number of aryl methyl sites for hydroxylation is 2. The summed E-state index contributed by atoms with van der Waals surface area (Å²) in [6, 6.07) is 16.9. The molecule has 0 N–H and O–H groups in total. The number of hydrogen-bond donors (Lipinski definition) is 0. The molecular formula is C25H27N5O. The minimum absolute atomic E-state index is 0.898. The van der Waals surface area contributed by atoms with Crippen LogP contribution in [0.1, 0.15) is 11.1 Å². The van der Waals surface area contributed by atoms with Gasteiger partial charge in [-0.05, 0) is 49.2 Å². The molecule has 6 heteroatoms. The summed E-state index contributed by atoms with van der Waals surface area (Å²) in [5.74, 6) is 1.91. The van der Waals surface area contributed by atoms with Crippen LogP contribution in [-0.2, 0) is 0 Å². The van der Waals surface area contributed by atoms with Gasteiger partial charge in [0.05, 0.1) is 18.5 Å². The Bertz CT molecular complexity index is 1220. The van der Waals surface area contributed by atoms with Crippen molar-refractivity contribution in [3.05, 3.63) is 72.1 Å². The van der Waals surface area contributed by atoms with Crippen LogP contribution in [0.3, 0.4) is 0 Å². The molecule has 1 saturated heterocycles. The quantitative estimate of drug-likeness (QED) is 0.498. The third-order valence-corrected chi connectivity index (χ3v) is 6.18. The van der Waals surface area contributed by atoms with Crippen molar-refractivity contribution < 1.29 is 4.74 Å². The molecule has 0 radical (unpaired) electrons. The Kier molecular flexibility index (Phi) is 4.98. The highest BCUT2D eigenvalue weighted by atomic mass is 16.5. The van der Waals surface area contributed by atoms with Crippen molar-refractivity contribution in [3.8, 4) is 17.0 Å². The van der Waals surface area contributed by atoms with E-state index < -0.39 is 0 Å². The average Bonchev–Trinajstić information content (AvgIpc) is 3.25. The third-order valence-electron chi connectivity index (χ3n) is 6.18. The second-order valence-electron chi connectivity index (χ2n) is 8.06. The maximum atomic E-state index is 5.55. The molecule has 0 amide bonds. The van der Waals surface area contributed by atoms with Gasteiger partial charge >= 0.3 is 0 Å². The van der Waals surface area contributed by atoms with Gasteiger partial charge in [0.2, 0.25) is 0 Å². The smallest absolute Gasteiger partial charge is 0.154 e. The zero-order valence-electron chi connectivity index (χ0n) is 18.2. The molecule has 1 aliphatic rings. The molecule has 0 aliphatic carbocycles. The lowest BCUT2D eigenvalue weighted by molar-refractivity contribution is 0.413. The lowest BCUT2D eigenvalue weighted by Crippen LogP contribution is -2.47. The summed E-state index contributed by atoms with van der Waals surface area (Å²) in [5.41, 5.74) is 6.88. The van der Waals surface area contributed by atoms with Crippen LogP contribution in [0.4, 0.5) is 11.5 Å². The molecule has 0 unspecified atom stereocenters. The third kappa shape index (κ3) is 3.58. The first-order chi connectivity index (χ1) is 15.1. The number of anilines is 2. The normalized spacial score (nSPS) is 14.3. The van der Waals surface area contributed by atoms with Crippen LogP contribution >= 0.6 is 0 Å². The molecule has 1 fully saturated rings. The highest BCUT2D eigenvalue weighted by molar-refractivity contribution is 5.76. The second kappa shape index (κ2) is 7.95. The number of piperazine rings is 1. The molecule has 0 atom stereocenters. The van der Waals surface area contributed by atoms with Crippen molar-refractivity contribution in [3.63, 3.8) is 0 Å². The van der Waals surface area contributed by atoms with Crippen molar-refractivity contribution in [2.45, 2.75) is 13.8 Å². The van der Waals surface area contributed by atoms with Gasteiger partial charge in [-0.2, -0.15) is 5.10 Å². The standard InChI is InChI=1S/C25H27N5O/c1-18-8-9-20(16-19(18)2)21-17-23-25(26-10-11-30(23)27-21)29-14-12-28(13-15-29)22-6-4-5-7-24(22)31-3/h4-11,16-17H,12-15H2,1-3H3. The Hall–Kier alpha value is -3.54. The maximum Gasteiger partial charge on any atom is 0.154 e. The van der Waals surface area contributed by atoms with Gasteiger partial charge in [-0.15, -0.1) is 0 Å². The van der Waals surface area contributed by atoms with E-state index in [1.54, 1.807) is 7.11 Å². The van der Waals surface area contributed by atoms with Gasteiger partial charge in [-0.25, -0.2) is 9.50 Å². The van der Waals surface area contributed by atoms with E-state index in [9.17, 15) is 0 Å². The molecule has 5 rings (SSSR count). The molecule has 31 heavy (non-hydrogen) atoms. The largest absolute Gasteiger partial charge is 0.495 e. The fourth-order valence-corrected chi connectivity index (χ4v) is 4.24. The lowest BCUT2D eigenvalue weighted by atomic mass is 10.0. The molecule has 2 aromatic carbocycles. The van der Waals surface area contributed by atoms with E-state index in [0.29, 0.717) is 0 Å². The number of aromatic nitrogens is 3. The fourth-order valence-electron chi connectivity index (χ4n) is 4.24. The minimum Gasteiger partial charge on any atom is -0.495 e. The number of fused-ring (bicyclic) bond motifs is 1. The summed E-state index contributed by atoms with van der Waals surface area (Å²) < 4.78 is 7.49. The number of ether oxygens (including phenoxy) is 1. The number of hydrogen-bond acceptors (Lipinski definition) is 5. The van der Waals surface area contributed by atoms with Crippen LogP contribution in [0.15, 0.2) is 60.9 Å². The Morgan fingerprint density at radius 3 is 2.42 bits per heavy atom. The first kappa shape index (κ1) is 19.4. The zero-order chi connectivity index (χ0) is 21.4. The van der Waals surface area contributed by atoms with E-state index in [1.807, 2.05) is 29.0 Å². The molecule has 1 aliphatic heterocycles. The summed E-state index contributed by atoms with van der Waals surface area (Å²) in [7, 11) is 1.73. The molecule has 0 spiro atoms. The first-order valence-corrected chi connectivity index (χ1v) is 10.7. The van der Waals surface area contributed by atoms with Crippen molar-refractivity contribution >= 4 is 17.0 Å². The van der Waals surface area contributed by atoms with Gasteiger partial charge in [-0.3, -0.25) is 0 Å². The summed E-state index contributed by atoms with van der Waals surface area (Å²) in [6.07, 6.45) is 3.76. The van der Waals surface area contributed by atoms with Gasteiger partial charge in [-0.1, -0.05) is 24.3 Å². The lowest BCUT2D eigenvalue weighted by Gasteiger charge is -2.37. The van der Waals surface area contributed by atoms with E-state index in [2.05, 4.69) is 60.0 Å². The van der Waals surface area contributed by atoms with Crippen LogP contribution in [0, 0.1) is 13.8 Å². The molecule has 6 nitrogen and oxygen atoms in total. The van der Waals surface area contributed by atoms with E-state index in [4.69, 9.17) is 14.8 Å². The van der Waals surface area contributed by atoms with Crippen molar-refractivity contribution in [2.75, 3.05) is 43.1 Å². The van der Waals surface area contributed by atoms with Crippen LogP contribution in [0.5, 0.6) is 5.75 Å². The Balaban J connectivity index is 1.41. The number of benzene rings is 2. The highest BCUT2D eigenvalue weighted by Gasteiger charge is 2.22. The molecule has 0 saturated carbocycles. The Morgan fingerprint density at radius 2 is 1.65 bits per heavy atom. The Labute approximate surface area is 182 Å². The van der Waals surface area contributed by atoms with Crippen LogP contribution in [0.25, 0.3) is 16.8 Å².